The summed E-state index contributed by atoms with van der Waals surface area (Å²) in [6, 6.07) is 16.5. The summed E-state index contributed by atoms with van der Waals surface area (Å²) < 4.78 is 11.2. The normalized spacial score (nSPS) is 14.6. The van der Waals surface area contributed by atoms with E-state index in [-0.39, 0.29) is 30.2 Å². The molecule has 2 aromatic rings. The highest BCUT2D eigenvalue weighted by Gasteiger charge is 2.39. The molecule has 4 heteroatoms. The molecule has 4 nitrogen and oxygen atoms in total. The van der Waals surface area contributed by atoms with Crippen LogP contribution in [0.25, 0.3) is 11.1 Å². The van der Waals surface area contributed by atoms with Crippen LogP contribution in [0.5, 0.6) is 0 Å². The van der Waals surface area contributed by atoms with Gasteiger partial charge in [-0.05, 0) is 62.8 Å². The molecule has 0 fully saturated rings. The molecule has 160 valence electrons. The number of esters is 2. The Hall–Kier alpha value is -2.62. The monoisotopic (exact) mass is 408 g/mol. The van der Waals surface area contributed by atoms with Gasteiger partial charge in [0.15, 0.2) is 0 Å². The average molecular weight is 409 g/mol. The fraction of sp³-hybridized carbons (Fsp3) is 0.462. The first-order chi connectivity index (χ1) is 14.0. The van der Waals surface area contributed by atoms with Crippen LogP contribution in [0.1, 0.15) is 65.0 Å². The molecule has 0 spiro atoms. The van der Waals surface area contributed by atoms with Crippen molar-refractivity contribution in [1.82, 2.24) is 0 Å². The topological polar surface area (TPSA) is 52.6 Å². The molecule has 0 aliphatic heterocycles. The van der Waals surface area contributed by atoms with Crippen LogP contribution in [0, 0.1) is 11.3 Å². The van der Waals surface area contributed by atoms with Crippen molar-refractivity contribution in [1.29, 1.82) is 0 Å². The van der Waals surface area contributed by atoms with Crippen LogP contribution in [-0.4, -0.2) is 24.1 Å². The maximum absolute atomic E-state index is 12.6. The van der Waals surface area contributed by atoms with E-state index in [4.69, 9.17) is 9.47 Å². The van der Waals surface area contributed by atoms with Crippen LogP contribution in [0.3, 0.4) is 0 Å². The molecule has 1 aliphatic rings. The van der Waals surface area contributed by atoms with Gasteiger partial charge in [0.25, 0.3) is 0 Å². The molecule has 0 saturated heterocycles. The number of hydrogen-bond donors (Lipinski definition) is 0. The Bertz CT molecular complexity index is 891. The van der Waals surface area contributed by atoms with Gasteiger partial charge in [-0.25, -0.2) is 0 Å². The predicted molar refractivity (Wildman–Crippen MR) is 118 cm³/mol. The molecule has 0 radical (unpaired) electrons. The molecule has 0 aromatic heterocycles. The van der Waals surface area contributed by atoms with Crippen LogP contribution >= 0.6 is 0 Å². The minimum atomic E-state index is -0.779. The maximum atomic E-state index is 12.6. The van der Waals surface area contributed by atoms with Crippen molar-refractivity contribution in [3.8, 4) is 11.1 Å². The number of fused-ring (bicyclic) bond motifs is 3. The molecule has 1 aliphatic carbocycles. The SMILES string of the molecule is C[C@H](CC(=O)OCC1c2ccccc2-c2ccccc21)C(C)(C)C(=O)OC(C)(C)C. The molecule has 0 amide bonds. The standard InChI is InChI=1S/C26H32O4/c1-17(26(5,6)24(28)30-25(2,3)4)15-23(27)29-16-22-20-13-9-7-11-18(20)19-12-8-10-14-21(19)22/h7-14,17,22H,15-16H2,1-6H3/t17-/m1/s1. The second-order valence-electron chi connectivity index (χ2n) is 9.74. The zero-order valence-corrected chi connectivity index (χ0v) is 18.8. The van der Waals surface area contributed by atoms with Gasteiger partial charge < -0.3 is 9.47 Å². The number of carbonyl (C=O) groups is 2. The van der Waals surface area contributed by atoms with Crippen molar-refractivity contribution < 1.29 is 19.1 Å². The highest BCUT2D eigenvalue weighted by Crippen LogP contribution is 2.44. The lowest BCUT2D eigenvalue weighted by Crippen LogP contribution is -2.38. The van der Waals surface area contributed by atoms with Gasteiger partial charge in [0.1, 0.15) is 12.2 Å². The van der Waals surface area contributed by atoms with Crippen LogP contribution < -0.4 is 0 Å². The van der Waals surface area contributed by atoms with Crippen molar-refractivity contribution in [3.63, 3.8) is 0 Å². The second kappa shape index (κ2) is 8.25. The van der Waals surface area contributed by atoms with E-state index in [9.17, 15) is 9.59 Å². The molecule has 0 unspecified atom stereocenters. The fourth-order valence-corrected chi connectivity index (χ4v) is 3.79. The first-order valence-corrected chi connectivity index (χ1v) is 10.6. The smallest absolute Gasteiger partial charge is 0.312 e. The zero-order valence-electron chi connectivity index (χ0n) is 18.8. The predicted octanol–water partition coefficient (Wildman–Crippen LogP) is 5.74. The quantitative estimate of drug-likeness (QED) is 0.572. The van der Waals surface area contributed by atoms with Gasteiger partial charge in [0, 0.05) is 12.3 Å². The van der Waals surface area contributed by atoms with Gasteiger partial charge in [0.05, 0.1) is 5.41 Å². The van der Waals surface area contributed by atoms with Crippen LogP contribution in [0.4, 0.5) is 0 Å². The van der Waals surface area contributed by atoms with Gasteiger partial charge >= 0.3 is 11.9 Å². The second-order valence-corrected chi connectivity index (χ2v) is 9.74. The third-order valence-electron chi connectivity index (χ3n) is 6.00. The Balaban J connectivity index is 1.64. The Morgan fingerprint density at radius 2 is 1.40 bits per heavy atom. The minimum Gasteiger partial charge on any atom is -0.465 e. The Morgan fingerprint density at radius 1 is 0.900 bits per heavy atom. The molecule has 2 aromatic carbocycles. The molecule has 0 N–H and O–H groups in total. The molecule has 30 heavy (non-hydrogen) atoms. The van der Waals surface area contributed by atoms with Gasteiger partial charge in [-0.3, -0.25) is 9.59 Å². The van der Waals surface area contributed by atoms with E-state index in [0.29, 0.717) is 6.61 Å². The summed E-state index contributed by atoms with van der Waals surface area (Å²) in [5.74, 6) is -0.756. The summed E-state index contributed by atoms with van der Waals surface area (Å²) in [6.45, 7) is 11.4. The van der Waals surface area contributed by atoms with Gasteiger partial charge in [-0.1, -0.05) is 55.5 Å². The van der Waals surface area contributed by atoms with Crippen LogP contribution in [-0.2, 0) is 19.1 Å². The zero-order chi connectivity index (χ0) is 22.1. The van der Waals surface area contributed by atoms with E-state index in [1.54, 1.807) is 0 Å². The summed E-state index contributed by atoms with van der Waals surface area (Å²) in [7, 11) is 0. The maximum Gasteiger partial charge on any atom is 0.312 e. The lowest BCUT2D eigenvalue weighted by molar-refractivity contribution is -0.169. The van der Waals surface area contributed by atoms with Crippen LogP contribution in [0.2, 0.25) is 0 Å². The minimum absolute atomic E-state index is 0.0375. The summed E-state index contributed by atoms with van der Waals surface area (Å²) in [5.41, 5.74) is 3.45. The van der Waals surface area contributed by atoms with E-state index in [1.165, 1.54) is 22.3 Å². The molecule has 0 saturated carbocycles. The van der Waals surface area contributed by atoms with Crippen molar-refractivity contribution in [2.24, 2.45) is 11.3 Å². The van der Waals surface area contributed by atoms with E-state index in [2.05, 4.69) is 24.3 Å². The first-order valence-electron chi connectivity index (χ1n) is 10.6. The summed E-state index contributed by atoms with van der Waals surface area (Å²) in [5, 5.41) is 0. The third-order valence-corrected chi connectivity index (χ3v) is 6.00. The summed E-state index contributed by atoms with van der Waals surface area (Å²) in [6.07, 6.45) is 0.169. The van der Waals surface area contributed by atoms with E-state index in [1.807, 2.05) is 65.8 Å². The molecular weight excluding hydrogens is 376 g/mol. The molecule has 0 bridgehead atoms. The Kier molecular flexibility index (Phi) is 6.07. The number of hydrogen-bond acceptors (Lipinski definition) is 4. The van der Waals surface area contributed by atoms with Gasteiger partial charge in [0.2, 0.25) is 0 Å². The lowest BCUT2D eigenvalue weighted by atomic mass is 9.78. The number of benzene rings is 2. The van der Waals surface area contributed by atoms with Crippen molar-refractivity contribution in [2.45, 2.75) is 59.5 Å². The van der Waals surface area contributed by atoms with Crippen molar-refractivity contribution >= 4 is 11.9 Å². The molecule has 3 rings (SSSR count). The van der Waals surface area contributed by atoms with E-state index < -0.39 is 11.0 Å². The summed E-state index contributed by atoms with van der Waals surface area (Å²) >= 11 is 0. The highest BCUT2D eigenvalue weighted by atomic mass is 16.6. The first kappa shape index (κ1) is 22.1. The molecule has 0 heterocycles. The molecule has 1 atom stereocenters. The number of rotatable bonds is 6. The van der Waals surface area contributed by atoms with E-state index in [0.717, 1.165) is 0 Å². The average Bonchev–Trinajstić information content (AvgIpc) is 2.99. The number of ether oxygens (including phenoxy) is 2. The van der Waals surface area contributed by atoms with E-state index >= 15 is 0 Å². The molecular formula is C26H32O4. The highest BCUT2D eigenvalue weighted by molar-refractivity contribution is 5.80. The summed E-state index contributed by atoms with van der Waals surface area (Å²) in [4.78, 5) is 25.2. The Morgan fingerprint density at radius 3 is 1.90 bits per heavy atom. The third kappa shape index (κ3) is 4.58. The van der Waals surface area contributed by atoms with Crippen LogP contribution in [0.15, 0.2) is 48.5 Å². The van der Waals surface area contributed by atoms with Gasteiger partial charge in [-0.15, -0.1) is 0 Å². The lowest BCUT2D eigenvalue weighted by Gasteiger charge is -2.32. The Labute approximate surface area is 179 Å². The van der Waals surface area contributed by atoms with Crippen molar-refractivity contribution in [2.75, 3.05) is 6.61 Å². The largest absolute Gasteiger partial charge is 0.465 e. The fourth-order valence-electron chi connectivity index (χ4n) is 3.79. The van der Waals surface area contributed by atoms with Gasteiger partial charge in [-0.2, -0.15) is 0 Å². The number of carbonyl (C=O) groups excluding carboxylic acids is 2. The van der Waals surface area contributed by atoms with Crippen molar-refractivity contribution in [3.05, 3.63) is 59.7 Å².